The smallest absolute Gasteiger partial charge is 0.321 e. The van der Waals surface area contributed by atoms with Crippen LogP contribution in [0, 0.1) is 0 Å². The maximum atomic E-state index is 13.2. The first kappa shape index (κ1) is 19.7. The molecule has 1 saturated heterocycles. The molecule has 0 unspecified atom stereocenters. The van der Waals surface area contributed by atoms with E-state index in [9.17, 15) is 9.59 Å². The molecule has 156 valence electrons. The minimum absolute atomic E-state index is 0.131. The van der Waals surface area contributed by atoms with Gasteiger partial charge in [-0.2, -0.15) is 0 Å². The number of thioether (sulfide) groups is 1. The van der Waals surface area contributed by atoms with Gasteiger partial charge in [0.15, 0.2) is 5.76 Å². The molecule has 0 saturated carbocycles. The van der Waals surface area contributed by atoms with Crippen molar-refractivity contribution in [3.63, 3.8) is 0 Å². The molecule has 0 aliphatic carbocycles. The van der Waals surface area contributed by atoms with Crippen LogP contribution in [0.4, 0.5) is 16.2 Å². The van der Waals surface area contributed by atoms with E-state index in [1.807, 2.05) is 47.8 Å². The molecule has 0 radical (unpaired) electrons. The van der Waals surface area contributed by atoms with E-state index in [2.05, 4.69) is 16.7 Å². The topological polar surface area (TPSA) is 74.6 Å². The number of para-hydroxylation sites is 1. The zero-order chi connectivity index (χ0) is 21.2. The van der Waals surface area contributed by atoms with E-state index in [-0.39, 0.29) is 11.9 Å². The lowest BCUT2D eigenvalue weighted by Crippen LogP contribution is -2.27. The number of thiophene rings is 1. The third-order valence-electron chi connectivity index (χ3n) is 5.03. The molecule has 0 atom stereocenters. The molecule has 0 spiro atoms. The molecule has 2 aromatic heterocycles. The average Bonchev–Trinajstić information content (AvgIpc) is 3.52. The zero-order valence-corrected chi connectivity index (χ0v) is 18.1. The number of carbonyl (C=O) groups is 2. The van der Waals surface area contributed by atoms with Gasteiger partial charge in [-0.1, -0.05) is 30.3 Å². The third kappa shape index (κ3) is 4.04. The zero-order valence-electron chi connectivity index (χ0n) is 16.5. The summed E-state index contributed by atoms with van der Waals surface area (Å²) in [7, 11) is 0. The number of nitrogens with zero attached hydrogens (tertiary/aromatic N) is 1. The summed E-state index contributed by atoms with van der Waals surface area (Å²) in [6, 6.07) is 18.9. The number of rotatable bonds is 6. The number of hydrogen-bond donors (Lipinski definition) is 2. The second-order valence-electron chi connectivity index (χ2n) is 7.01. The molecule has 3 heterocycles. The average molecular weight is 450 g/mol. The minimum atomic E-state index is -0.305. The van der Waals surface area contributed by atoms with Crippen molar-refractivity contribution in [3.8, 4) is 0 Å². The first-order chi connectivity index (χ1) is 15.2. The summed E-state index contributed by atoms with van der Waals surface area (Å²) >= 11 is 3.36. The fourth-order valence-electron chi connectivity index (χ4n) is 3.57. The van der Waals surface area contributed by atoms with Crippen LogP contribution in [0.15, 0.2) is 74.7 Å². The van der Waals surface area contributed by atoms with Crippen molar-refractivity contribution >= 4 is 57.4 Å². The Balaban J connectivity index is 1.42. The number of fused-ring (bicyclic) bond motifs is 1. The van der Waals surface area contributed by atoms with Gasteiger partial charge in [-0.25, -0.2) is 4.79 Å². The Morgan fingerprint density at radius 2 is 2.06 bits per heavy atom. The van der Waals surface area contributed by atoms with Gasteiger partial charge in [0.25, 0.3) is 5.91 Å². The molecular weight excluding hydrogens is 430 g/mol. The molecule has 3 amide bonds. The number of benzene rings is 2. The fourth-order valence-corrected chi connectivity index (χ4v) is 5.38. The summed E-state index contributed by atoms with van der Waals surface area (Å²) in [6.45, 7) is 1.21. The molecule has 1 aliphatic heterocycles. The van der Waals surface area contributed by atoms with E-state index < -0.39 is 0 Å². The molecule has 5 rings (SSSR count). The standard InChI is InChI=1S/C23H19N3O3S2/c27-22(25-15-5-3-6-16(13-15)26-11-10-24-23(26)28)21-18(14-31-20-9-4-12-30-20)17-7-1-2-8-19(17)29-21/h1-9,12-13H,10-11,14H2,(H,24,28)(H,25,27). The molecule has 6 nitrogen and oxygen atoms in total. The van der Waals surface area contributed by atoms with Gasteiger partial charge < -0.3 is 15.1 Å². The molecule has 1 fully saturated rings. The van der Waals surface area contributed by atoms with Crippen molar-refractivity contribution < 1.29 is 14.0 Å². The van der Waals surface area contributed by atoms with Gasteiger partial charge >= 0.3 is 6.03 Å². The predicted octanol–water partition coefficient (Wildman–Crippen LogP) is 5.57. The Morgan fingerprint density at radius 3 is 2.87 bits per heavy atom. The number of nitrogens with one attached hydrogen (secondary N) is 2. The molecule has 31 heavy (non-hydrogen) atoms. The second-order valence-corrected chi connectivity index (χ2v) is 9.24. The van der Waals surface area contributed by atoms with Crippen LogP contribution in [-0.2, 0) is 5.75 Å². The van der Waals surface area contributed by atoms with Crippen LogP contribution >= 0.6 is 23.1 Å². The number of furan rings is 1. The lowest BCUT2D eigenvalue weighted by Gasteiger charge is -2.15. The summed E-state index contributed by atoms with van der Waals surface area (Å²) in [5, 5.41) is 8.70. The molecule has 2 aromatic carbocycles. The van der Waals surface area contributed by atoms with Gasteiger partial charge in [0.05, 0.1) is 4.21 Å². The van der Waals surface area contributed by atoms with Crippen LogP contribution in [-0.4, -0.2) is 25.0 Å². The van der Waals surface area contributed by atoms with E-state index in [1.54, 1.807) is 40.1 Å². The third-order valence-corrected chi connectivity index (χ3v) is 7.19. The Labute approximate surface area is 187 Å². The minimum Gasteiger partial charge on any atom is -0.451 e. The summed E-state index contributed by atoms with van der Waals surface area (Å²) in [6.07, 6.45) is 0. The van der Waals surface area contributed by atoms with Gasteiger partial charge in [0.2, 0.25) is 0 Å². The highest BCUT2D eigenvalue weighted by molar-refractivity contribution is 8.00. The SMILES string of the molecule is O=C(Nc1cccc(N2CCNC2=O)c1)c1oc2ccccc2c1CSc1cccs1. The van der Waals surface area contributed by atoms with Crippen LogP contribution < -0.4 is 15.5 Å². The molecule has 1 aliphatic rings. The summed E-state index contributed by atoms with van der Waals surface area (Å²) < 4.78 is 7.14. The number of carbonyl (C=O) groups excluding carboxylic acids is 2. The molecule has 4 aromatic rings. The van der Waals surface area contributed by atoms with Crippen LogP contribution in [0.25, 0.3) is 11.0 Å². The van der Waals surface area contributed by atoms with E-state index in [1.165, 1.54) is 4.21 Å². The van der Waals surface area contributed by atoms with Crippen LogP contribution in [0.5, 0.6) is 0 Å². The van der Waals surface area contributed by atoms with Gasteiger partial charge in [-0.05, 0) is 35.7 Å². The van der Waals surface area contributed by atoms with E-state index >= 15 is 0 Å². The van der Waals surface area contributed by atoms with Crippen molar-refractivity contribution in [2.24, 2.45) is 0 Å². The normalized spacial score (nSPS) is 13.5. The second kappa shape index (κ2) is 8.49. The van der Waals surface area contributed by atoms with Gasteiger partial charge in [-0.3, -0.25) is 9.69 Å². The lowest BCUT2D eigenvalue weighted by atomic mass is 10.1. The lowest BCUT2D eigenvalue weighted by molar-refractivity contribution is 0.0998. The van der Waals surface area contributed by atoms with E-state index in [4.69, 9.17) is 4.42 Å². The number of amides is 3. The maximum Gasteiger partial charge on any atom is 0.321 e. The van der Waals surface area contributed by atoms with Gasteiger partial charge in [-0.15, -0.1) is 23.1 Å². The highest BCUT2D eigenvalue weighted by Crippen LogP contribution is 2.34. The van der Waals surface area contributed by atoms with Crippen molar-refractivity contribution in [2.75, 3.05) is 23.3 Å². The first-order valence-electron chi connectivity index (χ1n) is 9.82. The monoisotopic (exact) mass is 449 g/mol. The van der Waals surface area contributed by atoms with Crippen molar-refractivity contribution in [1.29, 1.82) is 0 Å². The summed E-state index contributed by atoms with van der Waals surface area (Å²) in [4.78, 5) is 26.8. The summed E-state index contributed by atoms with van der Waals surface area (Å²) in [5.74, 6) is 0.643. The Bertz CT molecular complexity index is 1250. The Morgan fingerprint density at radius 1 is 1.16 bits per heavy atom. The first-order valence-corrected chi connectivity index (χ1v) is 11.7. The van der Waals surface area contributed by atoms with E-state index in [0.717, 1.165) is 16.6 Å². The quantitative estimate of drug-likeness (QED) is 0.378. The van der Waals surface area contributed by atoms with Crippen LogP contribution in [0.3, 0.4) is 0 Å². The van der Waals surface area contributed by atoms with E-state index in [0.29, 0.717) is 35.9 Å². The van der Waals surface area contributed by atoms with Crippen molar-refractivity contribution in [1.82, 2.24) is 5.32 Å². The largest absolute Gasteiger partial charge is 0.451 e. The fraction of sp³-hybridized carbons (Fsp3) is 0.130. The highest BCUT2D eigenvalue weighted by Gasteiger charge is 2.23. The highest BCUT2D eigenvalue weighted by atomic mass is 32.2. The molecular formula is C23H19N3O3S2. The maximum absolute atomic E-state index is 13.2. The van der Waals surface area contributed by atoms with Crippen molar-refractivity contribution in [2.45, 2.75) is 9.96 Å². The number of urea groups is 1. The van der Waals surface area contributed by atoms with Gasteiger partial charge in [0, 0.05) is 41.2 Å². The number of hydrogen-bond acceptors (Lipinski definition) is 5. The molecule has 0 bridgehead atoms. The van der Waals surface area contributed by atoms with Gasteiger partial charge in [0.1, 0.15) is 5.58 Å². The summed E-state index contributed by atoms with van der Waals surface area (Å²) in [5.41, 5.74) is 2.92. The molecule has 8 heteroatoms. The van der Waals surface area contributed by atoms with Crippen LogP contribution in [0.2, 0.25) is 0 Å². The number of anilines is 2. The molecule has 2 N–H and O–H groups in total. The van der Waals surface area contributed by atoms with Crippen molar-refractivity contribution in [3.05, 3.63) is 77.4 Å². The Kier molecular flexibility index (Phi) is 5.40. The Hall–Kier alpha value is -3.23. The van der Waals surface area contributed by atoms with Crippen LogP contribution in [0.1, 0.15) is 16.1 Å². The predicted molar refractivity (Wildman–Crippen MR) is 125 cm³/mol.